The second kappa shape index (κ2) is 7.77. The number of benzene rings is 1. The first kappa shape index (κ1) is 15.5. The third-order valence-corrected chi connectivity index (χ3v) is 3.85. The van der Waals surface area contributed by atoms with Crippen molar-refractivity contribution in [3.63, 3.8) is 0 Å². The number of rotatable bonds is 5. The lowest BCUT2D eigenvalue weighted by atomic mass is 10.1. The molecule has 1 saturated heterocycles. The summed E-state index contributed by atoms with van der Waals surface area (Å²) in [6, 6.07) is 9.95. The van der Waals surface area contributed by atoms with Crippen LogP contribution in [0.3, 0.4) is 0 Å². The lowest BCUT2D eigenvalue weighted by molar-refractivity contribution is -0.137. The summed E-state index contributed by atoms with van der Waals surface area (Å²) >= 11 is 0. The summed E-state index contributed by atoms with van der Waals surface area (Å²) in [6.07, 6.45) is 1.24. The molecule has 21 heavy (non-hydrogen) atoms. The average molecular weight is 287 g/mol. The van der Waals surface area contributed by atoms with Gasteiger partial charge >= 0.3 is 5.97 Å². The largest absolute Gasteiger partial charge is 0.481 e. The van der Waals surface area contributed by atoms with Gasteiger partial charge in [-0.1, -0.05) is 18.2 Å². The second-order valence-electron chi connectivity index (χ2n) is 5.38. The molecule has 0 bridgehead atoms. The molecule has 0 aromatic heterocycles. The second-order valence-corrected chi connectivity index (χ2v) is 5.38. The quantitative estimate of drug-likeness (QED) is 0.889. The Kier molecular flexibility index (Phi) is 5.73. The third-order valence-electron chi connectivity index (χ3n) is 3.85. The maximum Gasteiger partial charge on any atom is 0.304 e. The molecule has 0 saturated carbocycles. The van der Waals surface area contributed by atoms with Gasteiger partial charge in [-0.25, -0.2) is 0 Å². The molecular formula is C16H21N3O2. The Bertz CT molecular complexity index is 524. The molecule has 1 aromatic rings. The van der Waals surface area contributed by atoms with Crippen LogP contribution in [0.5, 0.6) is 0 Å². The van der Waals surface area contributed by atoms with Gasteiger partial charge in [-0.2, -0.15) is 5.26 Å². The number of nitriles is 1. The van der Waals surface area contributed by atoms with E-state index in [1.165, 1.54) is 0 Å². The maximum atomic E-state index is 10.6. The molecule has 1 N–H and O–H groups in total. The van der Waals surface area contributed by atoms with Crippen LogP contribution in [-0.2, 0) is 11.3 Å². The maximum absolute atomic E-state index is 10.6. The van der Waals surface area contributed by atoms with Gasteiger partial charge in [-0.05, 0) is 31.1 Å². The van der Waals surface area contributed by atoms with Gasteiger partial charge in [0.2, 0.25) is 0 Å². The van der Waals surface area contributed by atoms with Crippen molar-refractivity contribution >= 4 is 5.97 Å². The fourth-order valence-corrected chi connectivity index (χ4v) is 2.67. The van der Waals surface area contributed by atoms with E-state index in [1.54, 1.807) is 0 Å². The van der Waals surface area contributed by atoms with E-state index in [1.807, 2.05) is 24.3 Å². The summed E-state index contributed by atoms with van der Waals surface area (Å²) in [4.78, 5) is 15.2. The van der Waals surface area contributed by atoms with Crippen LogP contribution < -0.4 is 0 Å². The molecule has 5 nitrogen and oxygen atoms in total. The van der Waals surface area contributed by atoms with Gasteiger partial charge in [0.25, 0.3) is 0 Å². The van der Waals surface area contributed by atoms with Gasteiger partial charge in [-0.3, -0.25) is 9.69 Å². The predicted octanol–water partition coefficient (Wildman–Crippen LogP) is 1.54. The predicted molar refractivity (Wildman–Crippen MR) is 79.7 cm³/mol. The Labute approximate surface area is 125 Å². The Morgan fingerprint density at radius 3 is 2.67 bits per heavy atom. The number of aliphatic carboxylic acids is 1. The molecule has 1 heterocycles. The van der Waals surface area contributed by atoms with Crippen LogP contribution in [-0.4, -0.2) is 53.6 Å². The summed E-state index contributed by atoms with van der Waals surface area (Å²) in [6.45, 7) is 5.16. The van der Waals surface area contributed by atoms with Crippen LogP contribution >= 0.6 is 0 Å². The Balaban J connectivity index is 1.88. The topological polar surface area (TPSA) is 67.6 Å². The van der Waals surface area contributed by atoms with Gasteiger partial charge in [0.15, 0.2) is 0 Å². The van der Waals surface area contributed by atoms with E-state index in [0.717, 1.165) is 50.3 Å². The molecule has 0 aliphatic carbocycles. The highest BCUT2D eigenvalue weighted by Crippen LogP contribution is 2.13. The van der Waals surface area contributed by atoms with E-state index in [0.29, 0.717) is 6.54 Å². The van der Waals surface area contributed by atoms with Crippen molar-refractivity contribution in [2.75, 3.05) is 32.7 Å². The molecule has 1 aliphatic heterocycles. The molecule has 0 spiro atoms. The minimum absolute atomic E-state index is 0.206. The van der Waals surface area contributed by atoms with Crippen molar-refractivity contribution in [3.05, 3.63) is 35.4 Å². The number of hydrogen-bond donors (Lipinski definition) is 1. The Morgan fingerprint density at radius 2 is 1.90 bits per heavy atom. The zero-order chi connectivity index (χ0) is 15.1. The van der Waals surface area contributed by atoms with Crippen LogP contribution in [0, 0.1) is 11.3 Å². The Hall–Kier alpha value is -1.90. The lowest BCUT2D eigenvalue weighted by Crippen LogP contribution is -2.32. The number of hydrogen-bond acceptors (Lipinski definition) is 4. The molecule has 0 amide bonds. The van der Waals surface area contributed by atoms with Crippen LogP contribution in [0.15, 0.2) is 24.3 Å². The van der Waals surface area contributed by atoms with E-state index >= 15 is 0 Å². The molecular weight excluding hydrogens is 266 g/mol. The van der Waals surface area contributed by atoms with E-state index in [2.05, 4.69) is 15.9 Å². The first-order valence-electron chi connectivity index (χ1n) is 7.33. The molecule has 1 fully saturated rings. The molecule has 0 radical (unpaired) electrons. The van der Waals surface area contributed by atoms with Gasteiger partial charge in [0, 0.05) is 26.2 Å². The van der Waals surface area contributed by atoms with Crippen LogP contribution in [0.1, 0.15) is 24.0 Å². The smallest absolute Gasteiger partial charge is 0.304 e. The number of nitrogens with zero attached hydrogens (tertiary/aromatic N) is 3. The summed E-state index contributed by atoms with van der Waals surface area (Å²) in [7, 11) is 0. The zero-order valence-electron chi connectivity index (χ0n) is 12.2. The first-order valence-corrected chi connectivity index (χ1v) is 7.33. The summed E-state index contributed by atoms with van der Waals surface area (Å²) in [5.41, 5.74) is 1.81. The zero-order valence-corrected chi connectivity index (χ0v) is 12.2. The van der Waals surface area contributed by atoms with Crippen molar-refractivity contribution in [3.8, 4) is 6.07 Å². The minimum Gasteiger partial charge on any atom is -0.481 e. The fourth-order valence-electron chi connectivity index (χ4n) is 2.67. The van der Waals surface area contributed by atoms with Crippen molar-refractivity contribution in [1.82, 2.24) is 9.80 Å². The van der Waals surface area contributed by atoms with Gasteiger partial charge in [0.05, 0.1) is 18.1 Å². The van der Waals surface area contributed by atoms with E-state index in [-0.39, 0.29) is 6.42 Å². The standard InChI is InChI=1S/C16H21N3O2/c17-12-14-4-1-2-5-15(14)13-19-8-3-7-18(10-11-19)9-6-16(20)21/h1-2,4-5H,3,6-11,13H2,(H,20,21). The third kappa shape index (κ3) is 4.85. The van der Waals surface area contributed by atoms with Gasteiger partial charge in [-0.15, -0.1) is 0 Å². The average Bonchev–Trinajstić information content (AvgIpc) is 2.71. The monoisotopic (exact) mass is 287 g/mol. The van der Waals surface area contributed by atoms with Crippen molar-refractivity contribution in [2.45, 2.75) is 19.4 Å². The Morgan fingerprint density at radius 1 is 1.19 bits per heavy atom. The van der Waals surface area contributed by atoms with Gasteiger partial charge < -0.3 is 10.0 Å². The van der Waals surface area contributed by atoms with Gasteiger partial charge in [0.1, 0.15) is 0 Å². The first-order chi connectivity index (χ1) is 10.2. The molecule has 112 valence electrons. The molecule has 2 rings (SSSR count). The van der Waals surface area contributed by atoms with E-state index < -0.39 is 5.97 Å². The minimum atomic E-state index is -0.737. The molecule has 1 aromatic carbocycles. The highest BCUT2D eigenvalue weighted by molar-refractivity contribution is 5.66. The fraction of sp³-hybridized carbons (Fsp3) is 0.500. The molecule has 0 unspecified atom stereocenters. The highest BCUT2D eigenvalue weighted by atomic mass is 16.4. The number of carboxylic acids is 1. The molecule has 0 atom stereocenters. The summed E-state index contributed by atoms with van der Waals surface area (Å²) < 4.78 is 0. The highest BCUT2D eigenvalue weighted by Gasteiger charge is 2.16. The lowest BCUT2D eigenvalue weighted by Gasteiger charge is -2.21. The van der Waals surface area contributed by atoms with Crippen molar-refractivity contribution in [2.24, 2.45) is 0 Å². The van der Waals surface area contributed by atoms with Crippen LogP contribution in [0.25, 0.3) is 0 Å². The van der Waals surface area contributed by atoms with Crippen LogP contribution in [0.4, 0.5) is 0 Å². The summed E-state index contributed by atoms with van der Waals surface area (Å²) in [5.74, 6) is -0.737. The van der Waals surface area contributed by atoms with Crippen molar-refractivity contribution < 1.29 is 9.90 Å². The molecule has 5 heteroatoms. The SMILES string of the molecule is N#Cc1ccccc1CN1CCCN(CCC(=O)O)CC1. The number of carboxylic acid groups (broad SMARTS) is 1. The number of carbonyl (C=O) groups is 1. The normalized spacial score (nSPS) is 17.1. The molecule has 1 aliphatic rings. The van der Waals surface area contributed by atoms with E-state index in [9.17, 15) is 4.79 Å². The summed E-state index contributed by atoms with van der Waals surface area (Å²) in [5, 5.41) is 17.9. The van der Waals surface area contributed by atoms with Crippen molar-refractivity contribution in [1.29, 1.82) is 5.26 Å². The van der Waals surface area contributed by atoms with Crippen LogP contribution in [0.2, 0.25) is 0 Å². The van der Waals surface area contributed by atoms with E-state index in [4.69, 9.17) is 10.4 Å².